The Morgan fingerprint density at radius 1 is 1.26 bits per heavy atom. The zero-order valence-electron chi connectivity index (χ0n) is 17.2. The SMILES string of the molecule is CCn1ncc2c(NCc3ccc(OC)c(Cl)c3)c(C(=O)NCc3ccco3)cnc21. The molecule has 0 unspecified atom stereocenters. The van der Waals surface area contributed by atoms with E-state index < -0.39 is 0 Å². The first-order valence-corrected chi connectivity index (χ1v) is 10.2. The Balaban J connectivity index is 1.63. The number of hydrogen-bond donors (Lipinski definition) is 2. The quantitative estimate of drug-likeness (QED) is 0.426. The molecule has 1 aromatic carbocycles. The molecule has 3 aromatic heterocycles. The van der Waals surface area contributed by atoms with Gasteiger partial charge in [-0.3, -0.25) is 4.79 Å². The van der Waals surface area contributed by atoms with Gasteiger partial charge < -0.3 is 19.8 Å². The maximum absolute atomic E-state index is 12.9. The molecule has 0 fully saturated rings. The zero-order chi connectivity index (χ0) is 21.8. The van der Waals surface area contributed by atoms with Gasteiger partial charge in [0.2, 0.25) is 0 Å². The van der Waals surface area contributed by atoms with Gasteiger partial charge in [-0.15, -0.1) is 0 Å². The molecule has 0 aliphatic carbocycles. The van der Waals surface area contributed by atoms with Crippen LogP contribution in [-0.4, -0.2) is 27.8 Å². The minimum absolute atomic E-state index is 0.259. The first-order valence-electron chi connectivity index (χ1n) is 9.82. The van der Waals surface area contributed by atoms with Crippen molar-refractivity contribution in [2.45, 2.75) is 26.6 Å². The Morgan fingerprint density at radius 3 is 2.84 bits per heavy atom. The zero-order valence-corrected chi connectivity index (χ0v) is 17.9. The van der Waals surface area contributed by atoms with Crippen LogP contribution in [-0.2, 0) is 19.6 Å². The average molecular weight is 440 g/mol. The second-order valence-electron chi connectivity index (χ2n) is 6.83. The number of nitrogens with zero attached hydrogens (tertiary/aromatic N) is 3. The number of amides is 1. The van der Waals surface area contributed by atoms with Crippen LogP contribution < -0.4 is 15.4 Å². The maximum atomic E-state index is 12.9. The average Bonchev–Trinajstić information content (AvgIpc) is 3.45. The number of carbonyl (C=O) groups is 1. The van der Waals surface area contributed by atoms with E-state index in [2.05, 4.69) is 20.7 Å². The summed E-state index contributed by atoms with van der Waals surface area (Å²) in [5.41, 5.74) is 2.74. The van der Waals surface area contributed by atoms with Crippen molar-refractivity contribution in [2.75, 3.05) is 12.4 Å². The van der Waals surface area contributed by atoms with Crippen LogP contribution in [0.3, 0.4) is 0 Å². The minimum atomic E-state index is -0.259. The number of rotatable bonds is 8. The van der Waals surface area contributed by atoms with Crippen molar-refractivity contribution in [3.05, 3.63) is 70.9 Å². The summed E-state index contributed by atoms with van der Waals surface area (Å²) in [7, 11) is 1.58. The van der Waals surface area contributed by atoms with E-state index in [9.17, 15) is 4.79 Å². The molecule has 3 heterocycles. The number of nitrogens with one attached hydrogen (secondary N) is 2. The van der Waals surface area contributed by atoms with Gasteiger partial charge in [-0.25, -0.2) is 9.67 Å². The van der Waals surface area contributed by atoms with Gasteiger partial charge in [0.25, 0.3) is 5.91 Å². The highest BCUT2D eigenvalue weighted by molar-refractivity contribution is 6.32. The van der Waals surface area contributed by atoms with E-state index >= 15 is 0 Å². The third kappa shape index (κ3) is 4.34. The number of ether oxygens (including phenoxy) is 1. The normalized spacial score (nSPS) is 10.9. The van der Waals surface area contributed by atoms with Crippen molar-refractivity contribution in [1.82, 2.24) is 20.1 Å². The highest BCUT2D eigenvalue weighted by Crippen LogP contribution is 2.29. The van der Waals surface area contributed by atoms with Crippen molar-refractivity contribution in [3.8, 4) is 5.75 Å². The number of fused-ring (bicyclic) bond motifs is 1. The predicted molar refractivity (Wildman–Crippen MR) is 118 cm³/mol. The molecule has 2 N–H and O–H groups in total. The topological polar surface area (TPSA) is 94.2 Å². The van der Waals surface area contributed by atoms with Gasteiger partial charge in [0.1, 0.15) is 11.5 Å². The molecule has 4 aromatic rings. The minimum Gasteiger partial charge on any atom is -0.495 e. The number of methoxy groups -OCH3 is 1. The summed E-state index contributed by atoms with van der Waals surface area (Å²) < 4.78 is 12.3. The number of halogens is 1. The van der Waals surface area contributed by atoms with Crippen LogP contribution in [0.2, 0.25) is 5.02 Å². The summed E-state index contributed by atoms with van der Waals surface area (Å²) in [4.78, 5) is 17.4. The molecule has 4 rings (SSSR count). The Labute approximate surface area is 184 Å². The molecule has 9 heteroatoms. The summed E-state index contributed by atoms with van der Waals surface area (Å²) in [6.45, 7) is 3.41. The Morgan fingerprint density at radius 2 is 2.13 bits per heavy atom. The Bertz CT molecular complexity index is 1200. The van der Waals surface area contributed by atoms with E-state index in [-0.39, 0.29) is 12.5 Å². The molecule has 160 valence electrons. The van der Waals surface area contributed by atoms with Gasteiger partial charge in [0.15, 0.2) is 5.65 Å². The molecule has 0 atom stereocenters. The van der Waals surface area contributed by atoms with Gasteiger partial charge in [-0.2, -0.15) is 5.10 Å². The fourth-order valence-electron chi connectivity index (χ4n) is 3.31. The molecule has 0 saturated carbocycles. The Hall–Kier alpha value is -3.52. The van der Waals surface area contributed by atoms with Crippen LogP contribution in [0.5, 0.6) is 5.75 Å². The highest BCUT2D eigenvalue weighted by Gasteiger charge is 2.18. The monoisotopic (exact) mass is 439 g/mol. The first-order chi connectivity index (χ1) is 15.1. The lowest BCUT2D eigenvalue weighted by atomic mass is 10.1. The summed E-state index contributed by atoms with van der Waals surface area (Å²) in [6.07, 6.45) is 4.86. The van der Waals surface area contributed by atoms with Crippen LogP contribution in [0.1, 0.15) is 28.6 Å². The fraction of sp³-hybridized carbons (Fsp3) is 0.227. The van der Waals surface area contributed by atoms with Crippen molar-refractivity contribution in [1.29, 1.82) is 0 Å². The molecule has 0 aliphatic rings. The maximum Gasteiger partial charge on any atom is 0.255 e. The second-order valence-corrected chi connectivity index (χ2v) is 7.24. The molecule has 0 saturated heterocycles. The van der Waals surface area contributed by atoms with Crippen molar-refractivity contribution in [3.63, 3.8) is 0 Å². The summed E-state index contributed by atoms with van der Waals surface area (Å²) in [5, 5.41) is 11.9. The predicted octanol–water partition coefficient (Wildman–Crippen LogP) is 4.25. The van der Waals surface area contributed by atoms with Crippen molar-refractivity contribution >= 4 is 34.2 Å². The second kappa shape index (κ2) is 9.09. The lowest BCUT2D eigenvalue weighted by Gasteiger charge is -2.14. The highest BCUT2D eigenvalue weighted by atomic mass is 35.5. The molecule has 0 aliphatic heterocycles. The third-order valence-corrected chi connectivity index (χ3v) is 5.19. The number of hydrogen-bond acceptors (Lipinski definition) is 6. The summed E-state index contributed by atoms with van der Waals surface area (Å²) in [6, 6.07) is 9.15. The van der Waals surface area contributed by atoms with E-state index in [4.69, 9.17) is 20.8 Å². The molecule has 8 nitrogen and oxygen atoms in total. The van der Waals surface area contributed by atoms with E-state index in [1.54, 1.807) is 42.6 Å². The molecule has 0 radical (unpaired) electrons. The van der Waals surface area contributed by atoms with Gasteiger partial charge in [-0.05, 0) is 36.8 Å². The van der Waals surface area contributed by atoms with Crippen LogP contribution in [0.4, 0.5) is 5.69 Å². The van der Waals surface area contributed by atoms with Crippen LogP contribution in [0.15, 0.2) is 53.4 Å². The molecule has 0 spiro atoms. The number of aryl methyl sites for hydroxylation is 1. The molecule has 31 heavy (non-hydrogen) atoms. The smallest absolute Gasteiger partial charge is 0.255 e. The number of carbonyl (C=O) groups excluding carboxylic acids is 1. The van der Waals surface area contributed by atoms with Gasteiger partial charge >= 0.3 is 0 Å². The number of aromatic nitrogens is 3. The standard InChI is InChI=1S/C22H22ClN5O3/c1-3-28-21-16(13-27-28)20(24-10-14-6-7-19(30-2)18(23)9-14)17(12-25-21)22(29)26-11-15-5-4-8-31-15/h4-9,12-13H,3,10-11H2,1-2H3,(H,24,25)(H,26,29). The van der Waals surface area contributed by atoms with Crippen LogP contribution >= 0.6 is 11.6 Å². The third-order valence-electron chi connectivity index (χ3n) is 4.90. The largest absolute Gasteiger partial charge is 0.495 e. The van der Waals surface area contributed by atoms with E-state index in [1.165, 1.54) is 0 Å². The van der Waals surface area contributed by atoms with Gasteiger partial charge in [0.05, 0.1) is 47.8 Å². The van der Waals surface area contributed by atoms with E-state index in [0.29, 0.717) is 46.5 Å². The van der Waals surface area contributed by atoms with Crippen LogP contribution in [0.25, 0.3) is 11.0 Å². The lowest BCUT2D eigenvalue weighted by molar-refractivity contribution is 0.0948. The summed E-state index contributed by atoms with van der Waals surface area (Å²) >= 11 is 6.25. The Kier molecular flexibility index (Phi) is 6.08. The van der Waals surface area contributed by atoms with Gasteiger partial charge in [-0.1, -0.05) is 17.7 Å². The first kappa shape index (κ1) is 20.7. The van der Waals surface area contributed by atoms with Crippen molar-refractivity contribution < 1.29 is 13.9 Å². The van der Waals surface area contributed by atoms with Crippen LogP contribution in [0, 0.1) is 0 Å². The van der Waals surface area contributed by atoms with Crippen molar-refractivity contribution in [2.24, 2.45) is 0 Å². The van der Waals surface area contributed by atoms with Gasteiger partial charge in [0, 0.05) is 19.3 Å². The molecular formula is C22H22ClN5O3. The fourth-order valence-corrected chi connectivity index (χ4v) is 3.59. The molecular weight excluding hydrogens is 418 g/mol. The number of pyridine rings is 1. The number of benzene rings is 1. The van der Waals surface area contributed by atoms with E-state index in [1.807, 2.05) is 25.1 Å². The summed E-state index contributed by atoms with van der Waals surface area (Å²) in [5.74, 6) is 1.02. The lowest BCUT2D eigenvalue weighted by Crippen LogP contribution is -2.24. The van der Waals surface area contributed by atoms with E-state index in [0.717, 1.165) is 10.9 Å². The number of anilines is 1. The number of furan rings is 1. The molecule has 1 amide bonds. The molecule has 0 bridgehead atoms.